The number of hydrogen-bond acceptors (Lipinski definition) is 4. The largest absolute Gasteiger partial charge is 0.477 e. The molecule has 1 heterocycles. The van der Waals surface area contributed by atoms with E-state index >= 15 is 0 Å². The standard InChI is InChI=1S/C10H13N3O2S2/c1-3-11-10(16)13-12-6(2)7-4-5-8(17-7)9(14)15/h4-5H,3H2,1-2H3,(H,14,15)(H2,11,13,16)/b12-6-. The number of hydrogen-bond donors (Lipinski definition) is 3. The van der Waals surface area contributed by atoms with Gasteiger partial charge in [-0.2, -0.15) is 5.10 Å². The number of hydrazone groups is 1. The van der Waals surface area contributed by atoms with Crippen LogP contribution in [0.25, 0.3) is 0 Å². The molecule has 0 aromatic carbocycles. The smallest absolute Gasteiger partial charge is 0.345 e. The predicted octanol–water partition coefficient (Wildman–Crippen LogP) is 1.65. The maximum atomic E-state index is 10.7. The van der Waals surface area contributed by atoms with Crippen molar-refractivity contribution in [2.24, 2.45) is 5.10 Å². The number of thiocarbonyl (C=S) groups is 1. The Bertz CT molecular complexity index is 454. The molecule has 17 heavy (non-hydrogen) atoms. The minimum absolute atomic E-state index is 0.295. The maximum Gasteiger partial charge on any atom is 0.345 e. The van der Waals surface area contributed by atoms with E-state index in [1.54, 1.807) is 19.1 Å². The minimum atomic E-state index is -0.926. The molecule has 0 atom stereocenters. The molecular formula is C10H13N3O2S2. The first-order valence-electron chi connectivity index (χ1n) is 4.96. The Morgan fingerprint density at radius 2 is 2.18 bits per heavy atom. The minimum Gasteiger partial charge on any atom is -0.477 e. The molecule has 0 fully saturated rings. The summed E-state index contributed by atoms with van der Waals surface area (Å²) >= 11 is 6.13. The molecule has 1 aromatic rings. The highest BCUT2D eigenvalue weighted by molar-refractivity contribution is 7.80. The Kier molecular flexibility index (Phi) is 5.05. The lowest BCUT2D eigenvalue weighted by Crippen LogP contribution is -2.32. The first kappa shape index (κ1) is 13.6. The second-order valence-electron chi connectivity index (χ2n) is 3.14. The molecule has 5 nitrogen and oxygen atoms in total. The molecular weight excluding hydrogens is 258 g/mol. The van der Waals surface area contributed by atoms with Gasteiger partial charge in [0.2, 0.25) is 0 Å². The number of carbonyl (C=O) groups is 1. The van der Waals surface area contributed by atoms with Crippen molar-refractivity contribution in [1.82, 2.24) is 10.7 Å². The highest BCUT2D eigenvalue weighted by Gasteiger charge is 2.08. The van der Waals surface area contributed by atoms with E-state index in [9.17, 15) is 4.79 Å². The highest BCUT2D eigenvalue weighted by atomic mass is 32.1. The number of aromatic carboxylic acids is 1. The van der Waals surface area contributed by atoms with Gasteiger partial charge in [-0.1, -0.05) is 0 Å². The van der Waals surface area contributed by atoms with Crippen LogP contribution >= 0.6 is 23.6 Å². The van der Waals surface area contributed by atoms with Crippen LogP contribution in [0.5, 0.6) is 0 Å². The van der Waals surface area contributed by atoms with Gasteiger partial charge in [-0.15, -0.1) is 11.3 Å². The van der Waals surface area contributed by atoms with Crippen molar-refractivity contribution < 1.29 is 9.90 Å². The third-order valence-electron chi connectivity index (χ3n) is 1.84. The van der Waals surface area contributed by atoms with Gasteiger partial charge in [0.1, 0.15) is 4.88 Å². The van der Waals surface area contributed by atoms with Gasteiger partial charge < -0.3 is 10.4 Å². The molecule has 7 heteroatoms. The lowest BCUT2D eigenvalue weighted by molar-refractivity contribution is 0.0702. The number of rotatable bonds is 4. The van der Waals surface area contributed by atoms with Crippen molar-refractivity contribution in [3.05, 3.63) is 21.9 Å². The molecule has 3 N–H and O–H groups in total. The Balaban J connectivity index is 2.68. The third-order valence-corrected chi connectivity index (χ3v) is 3.25. The maximum absolute atomic E-state index is 10.7. The van der Waals surface area contributed by atoms with Crippen LogP contribution in [-0.2, 0) is 0 Å². The van der Waals surface area contributed by atoms with E-state index in [0.717, 1.165) is 11.4 Å². The summed E-state index contributed by atoms with van der Waals surface area (Å²) in [4.78, 5) is 11.8. The van der Waals surface area contributed by atoms with Gasteiger partial charge in [0.05, 0.1) is 10.6 Å². The van der Waals surface area contributed by atoms with Gasteiger partial charge in [-0.25, -0.2) is 4.79 Å². The van der Waals surface area contributed by atoms with E-state index in [2.05, 4.69) is 15.8 Å². The van der Waals surface area contributed by atoms with E-state index in [1.165, 1.54) is 11.3 Å². The third kappa shape index (κ3) is 4.12. The first-order valence-corrected chi connectivity index (χ1v) is 6.18. The summed E-state index contributed by atoms with van der Waals surface area (Å²) in [6.07, 6.45) is 0. The van der Waals surface area contributed by atoms with Crippen molar-refractivity contribution >= 4 is 40.3 Å². The summed E-state index contributed by atoms with van der Waals surface area (Å²) in [6.45, 7) is 4.45. The predicted molar refractivity (Wildman–Crippen MR) is 72.9 cm³/mol. The van der Waals surface area contributed by atoms with Crippen LogP contribution in [-0.4, -0.2) is 28.4 Å². The van der Waals surface area contributed by atoms with Gasteiger partial charge in [0.25, 0.3) is 0 Å². The average molecular weight is 271 g/mol. The van der Waals surface area contributed by atoms with Crippen molar-refractivity contribution in [2.45, 2.75) is 13.8 Å². The van der Waals surface area contributed by atoms with Gasteiger partial charge in [0.15, 0.2) is 5.11 Å². The second-order valence-corrected chi connectivity index (χ2v) is 4.63. The molecule has 0 radical (unpaired) electrons. The van der Waals surface area contributed by atoms with Crippen LogP contribution < -0.4 is 10.7 Å². The molecule has 1 aromatic heterocycles. The topological polar surface area (TPSA) is 73.7 Å². The molecule has 0 aliphatic carbocycles. The fourth-order valence-electron chi connectivity index (χ4n) is 1.04. The lowest BCUT2D eigenvalue weighted by atomic mass is 10.3. The lowest BCUT2D eigenvalue weighted by Gasteiger charge is -2.04. The van der Waals surface area contributed by atoms with Crippen LogP contribution in [0.4, 0.5) is 0 Å². The molecule has 0 aliphatic rings. The number of nitrogens with one attached hydrogen (secondary N) is 2. The molecule has 0 amide bonds. The van der Waals surface area contributed by atoms with E-state index in [4.69, 9.17) is 17.3 Å². The average Bonchev–Trinajstić information content (AvgIpc) is 2.75. The molecule has 92 valence electrons. The fraction of sp³-hybridized carbons (Fsp3) is 0.300. The Labute approximate surface area is 109 Å². The zero-order valence-electron chi connectivity index (χ0n) is 9.48. The molecule has 1 rings (SSSR count). The SMILES string of the molecule is CCNC(=S)N/N=C(/C)c1ccc(C(=O)O)s1. The van der Waals surface area contributed by atoms with Crippen molar-refractivity contribution in [1.29, 1.82) is 0 Å². The zero-order chi connectivity index (χ0) is 12.8. The molecule has 0 aliphatic heterocycles. The van der Waals surface area contributed by atoms with Gasteiger partial charge in [0, 0.05) is 6.54 Å². The van der Waals surface area contributed by atoms with E-state index < -0.39 is 5.97 Å². The van der Waals surface area contributed by atoms with Crippen LogP contribution in [0.2, 0.25) is 0 Å². The molecule has 0 spiro atoms. The van der Waals surface area contributed by atoms with Gasteiger partial charge in [-0.3, -0.25) is 5.43 Å². The summed E-state index contributed by atoms with van der Waals surface area (Å²) < 4.78 is 0. The van der Waals surface area contributed by atoms with E-state index in [-0.39, 0.29) is 0 Å². The molecule has 0 saturated heterocycles. The number of carboxylic acid groups (broad SMARTS) is 1. The molecule has 0 unspecified atom stereocenters. The van der Waals surface area contributed by atoms with Crippen LogP contribution in [0.15, 0.2) is 17.2 Å². The van der Waals surface area contributed by atoms with Crippen molar-refractivity contribution in [2.75, 3.05) is 6.54 Å². The summed E-state index contributed by atoms with van der Waals surface area (Å²) in [5.74, 6) is -0.926. The van der Waals surface area contributed by atoms with E-state index in [1.807, 2.05) is 6.92 Å². The summed E-state index contributed by atoms with van der Waals surface area (Å²) in [6, 6.07) is 3.29. The zero-order valence-corrected chi connectivity index (χ0v) is 11.1. The number of carboxylic acids is 1. The van der Waals surface area contributed by atoms with Crippen LogP contribution in [0.1, 0.15) is 28.4 Å². The Morgan fingerprint density at radius 3 is 2.71 bits per heavy atom. The highest BCUT2D eigenvalue weighted by Crippen LogP contribution is 2.16. The normalized spacial score (nSPS) is 11.1. The quantitative estimate of drug-likeness (QED) is 0.441. The summed E-state index contributed by atoms with van der Waals surface area (Å²) in [7, 11) is 0. The van der Waals surface area contributed by atoms with Crippen LogP contribution in [0.3, 0.4) is 0 Å². The van der Waals surface area contributed by atoms with Crippen LogP contribution in [0, 0.1) is 0 Å². The van der Waals surface area contributed by atoms with Gasteiger partial charge in [-0.05, 0) is 38.2 Å². The monoisotopic (exact) mass is 271 g/mol. The summed E-state index contributed by atoms with van der Waals surface area (Å²) in [5.41, 5.74) is 3.38. The Hall–Kier alpha value is -1.47. The second kappa shape index (κ2) is 6.31. The Morgan fingerprint density at radius 1 is 1.53 bits per heavy atom. The number of thiophene rings is 1. The molecule has 0 bridgehead atoms. The number of nitrogens with zero attached hydrogens (tertiary/aromatic N) is 1. The first-order chi connectivity index (χ1) is 8.04. The summed E-state index contributed by atoms with van der Waals surface area (Å²) in [5, 5.41) is 16.2. The molecule has 0 saturated carbocycles. The fourth-order valence-corrected chi connectivity index (χ4v) is 2.02. The van der Waals surface area contributed by atoms with Crippen molar-refractivity contribution in [3.63, 3.8) is 0 Å². The van der Waals surface area contributed by atoms with E-state index in [0.29, 0.717) is 15.7 Å². The van der Waals surface area contributed by atoms with Crippen molar-refractivity contribution in [3.8, 4) is 0 Å². The van der Waals surface area contributed by atoms with Gasteiger partial charge >= 0.3 is 5.97 Å².